The second-order valence-electron chi connectivity index (χ2n) is 16.1. The molecule has 5 rings (SSSR count). The van der Waals surface area contributed by atoms with Gasteiger partial charge in [0.25, 0.3) is 0 Å². The molecule has 0 unspecified atom stereocenters. The molecule has 1 spiro atoms. The van der Waals surface area contributed by atoms with Crippen molar-refractivity contribution in [3.8, 4) is 0 Å². The number of esters is 3. The number of allylic oxidation sites excluding steroid dienone is 1. The topological polar surface area (TPSA) is 124 Å². The van der Waals surface area contributed by atoms with Gasteiger partial charge in [0.05, 0.1) is 26.2 Å². The Morgan fingerprint density at radius 2 is 1.64 bits per heavy atom. The van der Waals surface area contributed by atoms with Crippen LogP contribution in [0.15, 0.2) is 11.6 Å². The van der Waals surface area contributed by atoms with Crippen LogP contribution >= 0.6 is 0 Å². The minimum Gasteiger partial charge on any atom is -0.467 e. The zero-order chi connectivity index (χ0) is 32.8. The van der Waals surface area contributed by atoms with E-state index in [4.69, 9.17) is 27.8 Å². The predicted molar refractivity (Wildman–Crippen MR) is 165 cm³/mol. The van der Waals surface area contributed by atoms with Gasteiger partial charge in [0.1, 0.15) is 24.1 Å². The van der Waals surface area contributed by atoms with Crippen molar-refractivity contribution in [3.63, 3.8) is 0 Å². The fourth-order valence-corrected chi connectivity index (χ4v) is 11.8. The number of carbonyl (C=O) groups is 4. The van der Waals surface area contributed by atoms with Gasteiger partial charge in [0.15, 0.2) is 22.2 Å². The van der Waals surface area contributed by atoms with E-state index in [2.05, 4.69) is 46.2 Å². The Labute approximate surface area is 263 Å². The summed E-state index contributed by atoms with van der Waals surface area (Å²) in [5.41, 5.74) is -2.42. The standard InChI is InChI=1S/C32H50O10Si2/c1-17(2)14-21(34)39-24-23-18(3)19(33)12-13-30(23,4)26-25(41-43(6,7)8)28(42-44(9,10)11)32(29(36)37-5)20-15-22(35)40-27(24)31(20,26)16-38-32/h14,18,20,23-28H,12-13,15-16H2,1-11H3/t18-,20-,23-,24-,25-,26-,27-,28+,30+,31+,32+/m1/s1. The number of Topliss-reactive ketones (excluding diaryl/α,β-unsaturated/α-hetero) is 1. The molecule has 3 aliphatic carbocycles. The van der Waals surface area contributed by atoms with Crippen molar-refractivity contribution in [2.24, 2.45) is 34.5 Å². The highest BCUT2D eigenvalue weighted by atomic mass is 28.4. The zero-order valence-corrected chi connectivity index (χ0v) is 30.1. The van der Waals surface area contributed by atoms with Gasteiger partial charge in [-0.3, -0.25) is 9.59 Å². The van der Waals surface area contributed by atoms with Crippen LogP contribution in [0.4, 0.5) is 0 Å². The second kappa shape index (κ2) is 10.9. The van der Waals surface area contributed by atoms with Crippen LogP contribution in [0.1, 0.15) is 47.0 Å². The van der Waals surface area contributed by atoms with E-state index in [9.17, 15) is 19.2 Å². The second-order valence-corrected chi connectivity index (χ2v) is 25.0. The molecule has 0 aromatic carbocycles. The van der Waals surface area contributed by atoms with E-state index in [1.807, 2.05) is 6.92 Å². The molecule has 0 amide bonds. The fraction of sp³-hybridized carbons (Fsp3) is 0.812. The molecule has 2 heterocycles. The largest absolute Gasteiger partial charge is 0.467 e. The van der Waals surface area contributed by atoms with Crippen molar-refractivity contribution in [2.75, 3.05) is 13.7 Å². The Kier molecular flexibility index (Phi) is 8.26. The van der Waals surface area contributed by atoms with Crippen LogP contribution in [0.25, 0.3) is 0 Å². The van der Waals surface area contributed by atoms with E-state index in [0.717, 1.165) is 5.57 Å². The molecular weight excluding hydrogens is 601 g/mol. The first kappa shape index (κ1) is 33.5. The van der Waals surface area contributed by atoms with Gasteiger partial charge in [-0.15, -0.1) is 0 Å². The summed E-state index contributed by atoms with van der Waals surface area (Å²) in [6.45, 7) is 20.2. The Morgan fingerprint density at radius 1 is 1.00 bits per heavy atom. The quantitative estimate of drug-likeness (QED) is 0.169. The first-order valence-corrected chi connectivity index (χ1v) is 22.7. The van der Waals surface area contributed by atoms with E-state index in [1.165, 1.54) is 13.2 Å². The number of ketones is 1. The van der Waals surface area contributed by atoms with Gasteiger partial charge in [0, 0.05) is 41.6 Å². The number of rotatable bonds is 7. The number of hydrogen-bond donors (Lipinski definition) is 0. The molecule has 5 fully saturated rings. The maximum Gasteiger partial charge on any atom is 0.341 e. The first-order chi connectivity index (χ1) is 20.2. The lowest BCUT2D eigenvalue weighted by Gasteiger charge is -2.70. The predicted octanol–water partition coefficient (Wildman–Crippen LogP) is 4.43. The average Bonchev–Trinajstić information content (AvgIpc) is 3.15. The van der Waals surface area contributed by atoms with Crippen LogP contribution in [0.3, 0.4) is 0 Å². The Balaban J connectivity index is 1.83. The lowest BCUT2D eigenvalue weighted by molar-refractivity contribution is -0.301. The monoisotopic (exact) mass is 650 g/mol. The van der Waals surface area contributed by atoms with E-state index in [0.29, 0.717) is 12.8 Å². The van der Waals surface area contributed by atoms with Crippen LogP contribution in [-0.2, 0) is 47.0 Å². The number of ether oxygens (including phenoxy) is 4. The third kappa shape index (κ3) is 4.98. The van der Waals surface area contributed by atoms with Gasteiger partial charge in [-0.25, -0.2) is 9.59 Å². The molecule has 0 N–H and O–H groups in total. The summed E-state index contributed by atoms with van der Waals surface area (Å²) in [5.74, 6) is -3.50. The van der Waals surface area contributed by atoms with Crippen LogP contribution < -0.4 is 0 Å². The highest BCUT2D eigenvalue weighted by Crippen LogP contribution is 2.74. The summed E-state index contributed by atoms with van der Waals surface area (Å²) in [5, 5.41) is 0. The third-order valence-electron chi connectivity index (χ3n) is 10.7. The number of methoxy groups -OCH3 is 1. The Bertz CT molecular complexity index is 1260. The molecule has 0 radical (unpaired) electrons. The molecule has 5 aliphatic rings. The van der Waals surface area contributed by atoms with Crippen LogP contribution in [0.5, 0.6) is 0 Å². The minimum atomic E-state index is -2.37. The van der Waals surface area contributed by atoms with Gasteiger partial charge in [-0.1, -0.05) is 19.4 Å². The molecule has 2 aliphatic heterocycles. The fourth-order valence-electron chi connectivity index (χ4n) is 9.64. The van der Waals surface area contributed by atoms with Gasteiger partial charge in [0.2, 0.25) is 0 Å². The lowest BCUT2D eigenvalue weighted by Crippen LogP contribution is -2.81. The molecular formula is C32H50O10Si2. The zero-order valence-electron chi connectivity index (χ0n) is 28.1. The van der Waals surface area contributed by atoms with Crippen LogP contribution in [-0.4, -0.2) is 84.1 Å². The molecule has 10 nitrogen and oxygen atoms in total. The van der Waals surface area contributed by atoms with Gasteiger partial charge < -0.3 is 27.8 Å². The highest BCUT2D eigenvalue weighted by Gasteiger charge is 2.85. The van der Waals surface area contributed by atoms with Gasteiger partial charge in [-0.05, 0) is 65.0 Å². The molecule has 246 valence electrons. The molecule has 12 heteroatoms. The summed E-state index contributed by atoms with van der Waals surface area (Å²) in [6, 6.07) is 0. The Hall–Kier alpha value is -1.87. The van der Waals surface area contributed by atoms with Crippen molar-refractivity contribution in [2.45, 2.75) is 116 Å². The average molecular weight is 651 g/mol. The van der Waals surface area contributed by atoms with Crippen molar-refractivity contribution >= 4 is 40.3 Å². The van der Waals surface area contributed by atoms with E-state index in [-0.39, 0.29) is 24.7 Å². The normalized spacial score (nSPS) is 42.9. The number of fused-ring (bicyclic) bond motifs is 2. The van der Waals surface area contributed by atoms with Gasteiger partial charge >= 0.3 is 17.9 Å². The van der Waals surface area contributed by atoms with Crippen molar-refractivity contribution < 1.29 is 47.0 Å². The Morgan fingerprint density at radius 3 is 2.20 bits per heavy atom. The smallest absolute Gasteiger partial charge is 0.341 e. The summed E-state index contributed by atoms with van der Waals surface area (Å²) in [6.07, 6.45) is -1.10. The van der Waals surface area contributed by atoms with E-state index in [1.54, 1.807) is 13.8 Å². The molecule has 0 aromatic rings. The molecule has 0 aromatic heterocycles. The van der Waals surface area contributed by atoms with E-state index >= 15 is 0 Å². The highest BCUT2D eigenvalue weighted by molar-refractivity contribution is 6.70. The van der Waals surface area contributed by atoms with Gasteiger partial charge in [-0.2, -0.15) is 0 Å². The maximum atomic E-state index is 14.1. The first-order valence-electron chi connectivity index (χ1n) is 15.9. The third-order valence-corrected chi connectivity index (χ3v) is 12.7. The summed E-state index contributed by atoms with van der Waals surface area (Å²) in [7, 11) is -3.36. The van der Waals surface area contributed by atoms with Crippen molar-refractivity contribution in [1.82, 2.24) is 0 Å². The molecule has 11 atom stereocenters. The molecule has 44 heavy (non-hydrogen) atoms. The number of carbonyl (C=O) groups excluding carboxylic acids is 4. The minimum absolute atomic E-state index is 0.0722. The van der Waals surface area contributed by atoms with Crippen molar-refractivity contribution in [1.29, 1.82) is 0 Å². The van der Waals surface area contributed by atoms with Crippen molar-refractivity contribution in [3.05, 3.63) is 11.6 Å². The van der Waals surface area contributed by atoms with Crippen LogP contribution in [0.2, 0.25) is 39.3 Å². The molecule has 2 bridgehead atoms. The summed E-state index contributed by atoms with van der Waals surface area (Å²) < 4.78 is 38.9. The molecule has 3 saturated carbocycles. The summed E-state index contributed by atoms with van der Waals surface area (Å²) >= 11 is 0. The summed E-state index contributed by atoms with van der Waals surface area (Å²) in [4.78, 5) is 54.4. The maximum absolute atomic E-state index is 14.1. The van der Waals surface area contributed by atoms with E-state index < -0.39 is 93.1 Å². The number of hydrogen-bond acceptors (Lipinski definition) is 10. The SMILES string of the molecule is COC(=O)[C@]12OC[C@]34[C@H](OC(=O)C[C@@H]13)[C@H](OC(=O)C=C(C)C)[C@H]1[C@H](C)C(=O)CC[C@]1(C)[C@H]4[C@@H](O[Si](C)(C)C)[C@@H]2O[Si](C)(C)C. The van der Waals surface area contributed by atoms with Crippen LogP contribution in [0, 0.1) is 34.5 Å². The molecule has 2 saturated heterocycles. The lowest BCUT2D eigenvalue weighted by atomic mass is 9.37.